The van der Waals surface area contributed by atoms with E-state index in [0.717, 1.165) is 23.9 Å². The van der Waals surface area contributed by atoms with Crippen molar-refractivity contribution >= 4 is 33.9 Å². The third kappa shape index (κ3) is 3.41. The van der Waals surface area contributed by atoms with Gasteiger partial charge in [0.1, 0.15) is 0 Å². The third-order valence-electron chi connectivity index (χ3n) is 5.56. The second-order valence-corrected chi connectivity index (χ2v) is 9.22. The standard InChI is InChI=1S/C20H24N4S2/c1-2-6-14(7-3-1)10-15-11-24-16(13-26-20(24)21-15)12-25-19-22-17-8-4-5-9-18(17)23-19/h1-3,6-7,13,15,17-18H,4-5,8-12H2,(H,22,23)/t15?,17-,18+. The summed E-state index contributed by atoms with van der Waals surface area (Å²) in [5.74, 6) is 0.981. The lowest BCUT2D eigenvalue weighted by atomic mass is 9.92. The van der Waals surface area contributed by atoms with Crippen molar-refractivity contribution in [3.05, 3.63) is 47.0 Å². The van der Waals surface area contributed by atoms with E-state index in [9.17, 15) is 0 Å². The monoisotopic (exact) mass is 384 g/mol. The number of amidine groups is 2. The van der Waals surface area contributed by atoms with Crippen LogP contribution in [-0.2, 0) is 6.42 Å². The summed E-state index contributed by atoms with van der Waals surface area (Å²) in [7, 11) is 0. The fourth-order valence-corrected chi connectivity index (χ4v) is 6.24. The van der Waals surface area contributed by atoms with Crippen molar-refractivity contribution in [3.8, 4) is 0 Å². The van der Waals surface area contributed by atoms with Crippen LogP contribution in [0.15, 0.2) is 51.4 Å². The zero-order valence-electron chi connectivity index (χ0n) is 14.8. The Bertz CT molecular complexity index is 758. The molecule has 0 aromatic heterocycles. The first-order valence-corrected chi connectivity index (χ1v) is 11.4. The fraction of sp³-hybridized carbons (Fsp3) is 0.500. The molecular formula is C20H24N4S2. The summed E-state index contributed by atoms with van der Waals surface area (Å²) < 4.78 is 0. The van der Waals surface area contributed by atoms with E-state index >= 15 is 0 Å². The van der Waals surface area contributed by atoms with Gasteiger partial charge in [0, 0.05) is 18.0 Å². The van der Waals surface area contributed by atoms with Crippen LogP contribution in [0.25, 0.3) is 0 Å². The molecule has 1 unspecified atom stereocenters. The van der Waals surface area contributed by atoms with Gasteiger partial charge in [-0.2, -0.15) is 0 Å². The van der Waals surface area contributed by atoms with Crippen molar-refractivity contribution in [2.24, 2.45) is 9.98 Å². The van der Waals surface area contributed by atoms with E-state index in [4.69, 9.17) is 9.98 Å². The first kappa shape index (κ1) is 16.8. The molecule has 0 bridgehead atoms. The van der Waals surface area contributed by atoms with E-state index in [1.54, 1.807) is 11.8 Å². The van der Waals surface area contributed by atoms with Crippen molar-refractivity contribution in [3.63, 3.8) is 0 Å². The van der Waals surface area contributed by atoms with Crippen molar-refractivity contribution in [2.45, 2.75) is 50.2 Å². The van der Waals surface area contributed by atoms with E-state index in [1.807, 2.05) is 11.8 Å². The van der Waals surface area contributed by atoms with Crippen LogP contribution in [0, 0.1) is 0 Å². The third-order valence-corrected chi connectivity index (χ3v) is 7.42. The highest BCUT2D eigenvalue weighted by Gasteiger charge is 2.34. The normalized spacial score (nSPS) is 29.6. The Labute approximate surface area is 163 Å². The molecule has 1 aromatic rings. The molecule has 4 aliphatic rings. The van der Waals surface area contributed by atoms with E-state index in [-0.39, 0.29) is 0 Å². The van der Waals surface area contributed by atoms with Gasteiger partial charge in [-0.25, -0.2) is 0 Å². The predicted octanol–water partition coefficient (Wildman–Crippen LogP) is 3.86. The zero-order chi connectivity index (χ0) is 17.3. The van der Waals surface area contributed by atoms with E-state index in [2.05, 4.69) is 46.0 Å². The molecule has 5 rings (SSSR count). The van der Waals surface area contributed by atoms with E-state index < -0.39 is 0 Å². The molecule has 26 heavy (non-hydrogen) atoms. The minimum absolute atomic E-state index is 0.374. The van der Waals surface area contributed by atoms with Crippen LogP contribution in [0.4, 0.5) is 0 Å². The number of aliphatic imine (C=N–C) groups is 2. The van der Waals surface area contributed by atoms with Gasteiger partial charge in [-0.3, -0.25) is 9.98 Å². The molecule has 0 amide bonds. The summed E-state index contributed by atoms with van der Waals surface area (Å²) in [6, 6.07) is 12.2. The average Bonchev–Trinajstić information content (AvgIpc) is 3.34. The summed E-state index contributed by atoms with van der Waals surface area (Å²) >= 11 is 3.64. The first-order chi connectivity index (χ1) is 12.8. The van der Waals surface area contributed by atoms with Gasteiger partial charge in [0.2, 0.25) is 0 Å². The Kier molecular flexibility index (Phi) is 4.71. The average molecular weight is 385 g/mol. The first-order valence-electron chi connectivity index (χ1n) is 9.57. The largest absolute Gasteiger partial charge is 0.360 e. The maximum absolute atomic E-state index is 4.93. The predicted molar refractivity (Wildman–Crippen MR) is 113 cm³/mol. The number of thioether (sulfide) groups is 2. The van der Waals surface area contributed by atoms with Gasteiger partial charge in [-0.15, -0.1) is 0 Å². The number of hydrogen-bond donors (Lipinski definition) is 1. The number of nitrogens with one attached hydrogen (secondary N) is 1. The molecule has 0 spiro atoms. The smallest absolute Gasteiger partial charge is 0.168 e. The van der Waals surface area contributed by atoms with Crippen LogP contribution in [0.2, 0.25) is 0 Å². The van der Waals surface area contributed by atoms with Crippen molar-refractivity contribution < 1.29 is 0 Å². The van der Waals surface area contributed by atoms with Gasteiger partial charge in [-0.05, 0) is 30.2 Å². The Morgan fingerprint density at radius 2 is 2.04 bits per heavy atom. The highest BCUT2D eigenvalue weighted by Crippen LogP contribution is 2.35. The Morgan fingerprint density at radius 1 is 1.15 bits per heavy atom. The summed E-state index contributed by atoms with van der Waals surface area (Å²) in [6.45, 7) is 1.01. The van der Waals surface area contributed by atoms with Crippen LogP contribution in [0.1, 0.15) is 31.2 Å². The summed E-state index contributed by atoms with van der Waals surface area (Å²) in [4.78, 5) is 12.3. The van der Waals surface area contributed by atoms with Gasteiger partial charge in [-0.1, -0.05) is 66.7 Å². The van der Waals surface area contributed by atoms with Crippen molar-refractivity contribution in [1.82, 2.24) is 10.2 Å². The number of benzene rings is 1. The highest BCUT2D eigenvalue weighted by molar-refractivity contribution is 8.17. The lowest BCUT2D eigenvalue weighted by Crippen LogP contribution is -2.36. The Hall–Kier alpha value is -1.40. The quantitative estimate of drug-likeness (QED) is 0.856. The lowest BCUT2D eigenvalue weighted by Gasteiger charge is -2.23. The zero-order valence-corrected chi connectivity index (χ0v) is 16.4. The molecule has 0 saturated heterocycles. The number of hydrogen-bond acceptors (Lipinski definition) is 6. The maximum Gasteiger partial charge on any atom is 0.168 e. The van der Waals surface area contributed by atoms with Crippen LogP contribution in [0.5, 0.6) is 0 Å². The lowest BCUT2D eigenvalue weighted by molar-refractivity contribution is 0.385. The molecule has 1 aliphatic carbocycles. The molecule has 3 atom stereocenters. The number of nitrogens with zero attached hydrogens (tertiary/aromatic N) is 3. The Morgan fingerprint density at radius 3 is 2.92 bits per heavy atom. The van der Waals surface area contributed by atoms with Crippen LogP contribution in [-0.4, -0.2) is 45.7 Å². The molecule has 1 N–H and O–H groups in total. The molecule has 3 aliphatic heterocycles. The second kappa shape index (κ2) is 7.31. The molecule has 136 valence electrons. The molecular weight excluding hydrogens is 360 g/mol. The van der Waals surface area contributed by atoms with Gasteiger partial charge in [0.25, 0.3) is 0 Å². The minimum atomic E-state index is 0.374. The van der Waals surface area contributed by atoms with Crippen LogP contribution >= 0.6 is 23.5 Å². The van der Waals surface area contributed by atoms with Gasteiger partial charge >= 0.3 is 0 Å². The summed E-state index contributed by atoms with van der Waals surface area (Å²) in [6.07, 6.45) is 6.24. The van der Waals surface area contributed by atoms with Crippen LogP contribution in [0.3, 0.4) is 0 Å². The molecule has 1 aromatic carbocycles. The molecule has 3 heterocycles. The van der Waals surface area contributed by atoms with Gasteiger partial charge in [0.15, 0.2) is 10.3 Å². The van der Waals surface area contributed by atoms with Gasteiger partial charge < -0.3 is 10.2 Å². The summed E-state index contributed by atoms with van der Waals surface area (Å²) in [5.41, 5.74) is 2.76. The number of fused-ring (bicyclic) bond motifs is 2. The molecule has 1 fully saturated rings. The van der Waals surface area contributed by atoms with Gasteiger partial charge in [0.05, 0.1) is 18.1 Å². The van der Waals surface area contributed by atoms with Crippen molar-refractivity contribution in [1.29, 1.82) is 0 Å². The van der Waals surface area contributed by atoms with Crippen molar-refractivity contribution in [2.75, 3.05) is 12.3 Å². The topological polar surface area (TPSA) is 40.0 Å². The molecule has 1 saturated carbocycles. The number of rotatable bonds is 4. The second-order valence-electron chi connectivity index (χ2n) is 7.42. The highest BCUT2D eigenvalue weighted by atomic mass is 32.2. The summed E-state index contributed by atoms with van der Waals surface area (Å²) in [5, 5.41) is 8.25. The minimum Gasteiger partial charge on any atom is -0.360 e. The molecule has 0 radical (unpaired) electrons. The molecule has 4 nitrogen and oxygen atoms in total. The molecule has 6 heteroatoms. The van der Waals surface area contributed by atoms with E-state index in [0.29, 0.717) is 18.1 Å². The fourth-order valence-electron chi connectivity index (χ4n) is 4.18. The maximum atomic E-state index is 4.93. The van der Waals surface area contributed by atoms with Crippen LogP contribution < -0.4 is 5.32 Å². The Balaban J connectivity index is 1.16. The van der Waals surface area contributed by atoms with E-state index in [1.165, 1.54) is 42.1 Å². The SMILES string of the molecule is C1=C(CSC2=N[C@@H]3CCCC[C@@H]3N2)N2CC(Cc3ccccc3)N=C2S1.